The molecule has 0 aliphatic heterocycles. The van der Waals surface area contributed by atoms with Crippen LogP contribution < -0.4 is 16.4 Å². The van der Waals surface area contributed by atoms with Gasteiger partial charge in [-0.1, -0.05) is 58.9 Å². The molecule has 2 aromatic rings. The number of quaternary nitrogens is 1. The molecule has 156 valence electrons. The average molecular weight is 397 g/mol. The van der Waals surface area contributed by atoms with Crippen LogP contribution in [0.15, 0.2) is 48.5 Å². The van der Waals surface area contributed by atoms with E-state index in [9.17, 15) is 9.59 Å². The summed E-state index contributed by atoms with van der Waals surface area (Å²) in [4.78, 5) is 23.8. The Kier molecular flexibility index (Phi) is 7.20. The smallest absolute Gasteiger partial charge is 0.282 e. The molecule has 0 saturated carbocycles. The summed E-state index contributed by atoms with van der Waals surface area (Å²) in [5, 5.41) is 5.03. The van der Waals surface area contributed by atoms with Gasteiger partial charge in [-0.2, -0.15) is 0 Å². The van der Waals surface area contributed by atoms with Gasteiger partial charge < -0.3 is 16.4 Å². The zero-order valence-corrected chi connectivity index (χ0v) is 18.3. The SMILES string of the molecule is CC(C)[C@H]([NH2+][C@@H](C)C(=O)Nc1ccc(C(N)=O)cc1)c1ccc(C(C)(C)C)cc1. The molecule has 0 saturated heterocycles. The van der Waals surface area contributed by atoms with Crippen molar-refractivity contribution >= 4 is 17.5 Å². The van der Waals surface area contributed by atoms with Gasteiger partial charge in [0.1, 0.15) is 6.04 Å². The standard InChI is InChI=1S/C24H33N3O2/c1-15(2)21(17-7-11-19(12-8-17)24(4,5)6)26-16(3)23(29)27-20-13-9-18(10-14-20)22(25)28/h7-16,21,26H,1-6H3,(H2,25,28)(H,27,29)/p+1/t16-,21-/m0/s1. The molecule has 0 unspecified atom stereocenters. The van der Waals surface area contributed by atoms with Gasteiger partial charge in [0.15, 0.2) is 6.04 Å². The van der Waals surface area contributed by atoms with E-state index < -0.39 is 5.91 Å². The van der Waals surface area contributed by atoms with E-state index in [1.54, 1.807) is 24.3 Å². The van der Waals surface area contributed by atoms with E-state index in [2.05, 4.69) is 69.5 Å². The van der Waals surface area contributed by atoms with E-state index in [0.29, 0.717) is 17.2 Å². The van der Waals surface area contributed by atoms with Crippen LogP contribution in [0.2, 0.25) is 0 Å². The van der Waals surface area contributed by atoms with Crippen molar-refractivity contribution in [3.63, 3.8) is 0 Å². The first-order valence-electron chi connectivity index (χ1n) is 10.1. The molecule has 5 heteroatoms. The highest BCUT2D eigenvalue weighted by molar-refractivity contribution is 5.95. The van der Waals surface area contributed by atoms with E-state index in [-0.39, 0.29) is 23.4 Å². The lowest BCUT2D eigenvalue weighted by Crippen LogP contribution is -2.93. The maximum Gasteiger partial charge on any atom is 0.282 e. The van der Waals surface area contributed by atoms with E-state index in [4.69, 9.17) is 5.73 Å². The summed E-state index contributed by atoms with van der Waals surface area (Å²) in [5.41, 5.74) is 8.96. The zero-order valence-electron chi connectivity index (χ0n) is 18.3. The summed E-state index contributed by atoms with van der Waals surface area (Å²) in [7, 11) is 0. The molecule has 5 nitrogen and oxygen atoms in total. The Morgan fingerprint density at radius 3 is 1.93 bits per heavy atom. The first-order chi connectivity index (χ1) is 13.5. The Hall–Kier alpha value is -2.66. The first kappa shape index (κ1) is 22.6. The largest absolute Gasteiger partial charge is 0.366 e. The van der Waals surface area contributed by atoms with Crippen LogP contribution in [0.25, 0.3) is 0 Å². The van der Waals surface area contributed by atoms with Gasteiger partial charge in [0.2, 0.25) is 5.91 Å². The average Bonchev–Trinajstić information content (AvgIpc) is 2.65. The van der Waals surface area contributed by atoms with E-state index in [1.165, 1.54) is 11.1 Å². The van der Waals surface area contributed by atoms with Gasteiger partial charge >= 0.3 is 0 Å². The van der Waals surface area contributed by atoms with Crippen LogP contribution in [0.3, 0.4) is 0 Å². The third-order valence-corrected chi connectivity index (χ3v) is 5.23. The van der Waals surface area contributed by atoms with Crippen LogP contribution in [0.1, 0.15) is 69.1 Å². The lowest BCUT2D eigenvalue weighted by Gasteiger charge is -2.25. The highest BCUT2D eigenvalue weighted by atomic mass is 16.2. The van der Waals surface area contributed by atoms with Crippen molar-refractivity contribution in [2.45, 2.75) is 59.0 Å². The summed E-state index contributed by atoms with van der Waals surface area (Å²) >= 11 is 0. The number of carbonyl (C=O) groups is 2. The Morgan fingerprint density at radius 2 is 1.48 bits per heavy atom. The molecule has 29 heavy (non-hydrogen) atoms. The molecule has 0 spiro atoms. The van der Waals surface area contributed by atoms with Crippen molar-refractivity contribution in [1.82, 2.24) is 0 Å². The number of nitrogens with two attached hydrogens (primary N) is 2. The predicted octanol–water partition coefficient (Wildman–Crippen LogP) is 3.37. The molecular weight excluding hydrogens is 362 g/mol. The molecule has 0 aliphatic carbocycles. The molecule has 0 bridgehead atoms. The molecule has 0 radical (unpaired) electrons. The number of nitrogens with one attached hydrogen (secondary N) is 1. The number of benzene rings is 2. The summed E-state index contributed by atoms with van der Waals surface area (Å²) in [6.07, 6.45) is 0. The van der Waals surface area contributed by atoms with Gasteiger partial charge in [0.05, 0.1) is 0 Å². The Balaban J connectivity index is 2.07. The second-order valence-electron chi connectivity index (χ2n) is 9.05. The number of amides is 2. The summed E-state index contributed by atoms with van der Waals surface area (Å²) in [6.45, 7) is 12.9. The number of anilines is 1. The molecule has 5 N–H and O–H groups in total. The second-order valence-corrected chi connectivity index (χ2v) is 9.05. The fraction of sp³-hybridized carbons (Fsp3) is 0.417. The first-order valence-corrected chi connectivity index (χ1v) is 10.1. The summed E-state index contributed by atoms with van der Waals surface area (Å²) < 4.78 is 0. The zero-order chi connectivity index (χ0) is 21.8. The van der Waals surface area contributed by atoms with E-state index in [1.807, 2.05) is 6.92 Å². The van der Waals surface area contributed by atoms with E-state index in [0.717, 1.165) is 0 Å². The summed E-state index contributed by atoms with van der Waals surface area (Å²) in [5.74, 6) is -0.184. The fourth-order valence-electron chi connectivity index (χ4n) is 3.30. The Labute approximate surface area is 174 Å². The molecule has 2 aromatic carbocycles. The van der Waals surface area contributed by atoms with Gasteiger partial charge in [-0.25, -0.2) is 0 Å². The van der Waals surface area contributed by atoms with Crippen LogP contribution in [-0.2, 0) is 10.2 Å². The maximum absolute atomic E-state index is 12.7. The summed E-state index contributed by atoms with van der Waals surface area (Å²) in [6, 6.07) is 15.2. The van der Waals surface area contributed by atoms with Crippen molar-refractivity contribution in [2.75, 3.05) is 5.32 Å². The van der Waals surface area contributed by atoms with Crippen molar-refractivity contribution in [1.29, 1.82) is 0 Å². The molecule has 0 heterocycles. The number of hydrogen-bond donors (Lipinski definition) is 3. The molecule has 0 aromatic heterocycles. The third kappa shape index (κ3) is 6.16. The van der Waals surface area contributed by atoms with Crippen molar-refractivity contribution in [2.24, 2.45) is 11.7 Å². The Morgan fingerprint density at radius 1 is 0.931 bits per heavy atom. The molecule has 0 aliphatic rings. The molecule has 2 amide bonds. The number of carbonyl (C=O) groups excluding carboxylic acids is 2. The maximum atomic E-state index is 12.7. The van der Waals surface area contributed by atoms with Gasteiger partial charge in [-0.3, -0.25) is 9.59 Å². The van der Waals surface area contributed by atoms with Crippen LogP contribution >= 0.6 is 0 Å². The fourth-order valence-corrected chi connectivity index (χ4v) is 3.30. The van der Waals surface area contributed by atoms with Crippen LogP contribution in [0.4, 0.5) is 5.69 Å². The molecule has 2 atom stereocenters. The quantitative estimate of drug-likeness (QED) is 0.670. The second kappa shape index (κ2) is 9.23. The minimum atomic E-state index is -0.484. The van der Waals surface area contributed by atoms with E-state index >= 15 is 0 Å². The van der Waals surface area contributed by atoms with Gasteiger partial charge in [-0.15, -0.1) is 0 Å². The van der Waals surface area contributed by atoms with Crippen molar-refractivity contribution < 1.29 is 14.9 Å². The predicted molar refractivity (Wildman–Crippen MR) is 118 cm³/mol. The minimum absolute atomic E-state index is 0.0752. The van der Waals surface area contributed by atoms with Gasteiger partial charge in [-0.05, 0) is 42.2 Å². The molecule has 2 rings (SSSR count). The Bertz CT molecular complexity index is 834. The normalized spacial score (nSPS) is 13.8. The highest BCUT2D eigenvalue weighted by Gasteiger charge is 2.26. The minimum Gasteiger partial charge on any atom is -0.366 e. The monoisotopic (exact) mass is 396 g/mol. The van der Waals surface area contributed by atoms with Crippen LogP contribution in [-0.4, -0.2) is 17.9 Å². The third-order valence-electron chi connectivity index (χ3n) is 5.23. The van der Waals surface area contributed by atoms with Crippen molar-refractivity contribution in [3.8, 4) is 0 Å². The van der Waals surface area contributed by atoms with Gasteiger partial charge in [0.25, 0.3) is 5.91 Å². The van der Waals surface area contributed by atoms with Crippen LogP contribution in [0.5, 0.6) is 0 Å². The lowest BCUT2D eigenvalue weighted by atomic mass is 9.85. The highest BCUT2D eigenvalue weighted by Crippen LogP contribution is 2.25. The molecule has 0 fully saturated rings. The lowest BCUT2D eigenvalue weighted by molar-refractivity contribution is -0.718. The van der Waals surface area contributed by atoms with Crippen LogP contribution in [0, 0.1) is 5.92 Å². The van der Waals surface area contributed by atoms with Gasteiger partial charge in [0, 0.05) is 22.7 Å². The van der Waals surface area contributed by atoms with Crippen molar-refractivity contribution in [3.05, 3.63) is 65.2 Å². The number of rotatable bonds is 7. The number of primary amides is 1. The number of hydrogen-bond acceptors (Lipinski definition) is 2. The molecular formula is C24H34N3O2+. The topological polar surface area (TPSA) is 88.8 Å².